The monoisotopic (exact) mass is 227 g/mol. The molecule has 0 amide bonds. The Balaban J connectivity index is 2.64. The first-order valence-electron chi connectivity index (χ1n) is 5.19. The molecule has 90 valence electrons. The topological polar surface area (TPSA) is 41.5 Å². The van der Waals surface area contributed by atoms with Crippen molar-refractivity contribution in [3.63, 3.8) is 0 Å². The highest BCUT2D eigenvalue weighted by molar-refractivity contribution is 5.28. The second-order valence-electron chi connectivity index (χ2n) is 4.17. The Morgan fingerprint density at radius 2 is 2.19 bits per heavy atom. The Labute approximate surface area is 95.2 Å². The first-order valence-corrected chi connectivity index (χ1v) is 5.19. The highest BCUT2D eigenvalue weighted by atomic mass is 19.1. The van der Waals surface area contributed by atoms with E-state index in [9.17, 15) is 4.39 Å². The first-order chi connectivity index (χ1) is 7.50. The van der Waals surface area contributed by atoms with Gasteiger partial charge in [-0.1, -0.05) is 6.07 Å². The van der Waals surface area contributed by atoms with Gasteiger partial charge in [-0.2, -0.15) is 0 Å². The third-order valence-corrected chi connectivity index (χ3v) is 2.65. The van der Waals surface area contributed by atoms with Crippen LogP contribution in [0.2, 0.25) is 0 Å². The van der Waals surface area contributed by atoms with Crippen molar-refractivity contribution in [2.24, 2.45) is 0 Å². The molecule has 3 nitrogen and oxygen atoms in total. The zero-order valence-corrected chi connectivity index (χ0v) is 9.88. The summed E-state index contributed by atoms with van der Waals surface area (Å²) in [5, 5.41) is 12.1. The minimum Gasteiger partial charge on any atom is -0.491 e. The van der Waals surface area contributed by atoms with Crippen LogP contribution in [0.1, 0.15) is 12.5 Å². The molecule has 1 unspecified atom stereocenters. The summed E-state index contributed by atoms with van der Waals surface area (Å²) in [5.41, 5.74) is 0.0762. The van der Waals surface area contributed by atoms with Gasteiger partial charge in [0, 0.05) is 6.07 Å². The van der Waals surface area contributed by atoms with Crippen LogP contribution in [0.25, 0.3) is 0 Å². The summed E-state index contributed by atoms with van der Waals surface area (Å²) < 4.78 is 18.6. The number of nitrogens with one attached hydrogen (secondary N) is 1. The zero-order valence-electron chi connectivity index (χ0n) is 9.88. The third kappa shape index (κ3) is 3.18. The van der Waals surface area contributed by atoms with E-state index in [1.54, 1.807) is 26.1 Å². The molecule has 0 saturated heterocycles. The molecular weight excluding hydrogens is 209 g/mol. The van der Waals surface area contributed by atoms with Crippen LogP contribution in [-0.4, -0.2) is 30.9 Å². The van der Waals surface area contributed by atoms with E-state index >= 15 is 0 Å². The predicted octanol–water partition coefficient (Wildman–Crippen LogP) is 1.48. The second-order valence-corrected chi connectivity index (χ2v) is 4.17. The van der Waals surface area contributed by atoms with E-state index in [4.69, 9.17) is 9.84 Å². The van der Waals surface area contributed by atoms with Crippen molar-refractivity contribution < 1.29 is 14.2 Å². The molecule has 4 heteroatoms. The Morgan fingerprint density at radius 3 is 2.69 bits per heavy atom. The normalized spacial score (nSPS) is 14.6. The molecule has 0 aliphatic rings. The highest BCUT2D eigenvalue weighted by Gasteiger charge is 2.21. The fourth-order valence-electron chi connectivity index (χ4n) is 1.10. The summed E-state index contributed by atoms with van der Waals surface area (Å²) in [6, 6.07) is 4.73. The number of ether oxygens (including phenoxy) is 1. The molecule has 16 heavy (non-hydrogen) atoms. The van der Waals surface area contributed by atoms with Crippen LogP contribution in [-0.2, 0) is 0 Å². The number of benzene rings is 1. The number of hydrogen-bond acceptors (Lipinski definition) is 3. The van der Waals surface area contributed by atoms with Crippen molar-refractivity contribution in [3.05, 3.63) is 29.6 Å². The van der Waals surface area contributed by atoms with E-state index in [1.807, 2.05) is 6.92 Å². The summed E-state index contributed by atoms with van der Waals surface area (Å²) in [5.74, 6) is 0.186. The first kappa shape index (κ1) is 12.9. The van der Waals surface area contributed by atoms with E-state index in [0.717, 1.165) is 0 Å². The largest absolute Gasteiger partial charge is 0.491 e. The van der Waals surface area contributed by atoms with E-state index in [0.29, 0.717) is 11.3 Å². The van der Waals surface area contributed by atoms with Crippen LogP contribution in [0, 0.1) is 12.7 Å². The number of hydrogen-bond donors (Lipinski definition) is 2. The molecule has 0 radical (unpaired) electrons. The lowest BCUT2D eigenvalue weighted by Crippen LogP contribution is -2.48. The van der Waals surface area contributed by atoms with Gasteiger partial charge in [-0.25, -0.2) is 4.39 Å². The Morgan fingerprint density at radius 1 is 1.50 bits per heavy atom. The maximum Gasteiger partial charge on any atom is 0.129 e. The van der Waals surface area contributed by atoms with Gasteiger partial charge in [0.1, 0.15) is 18.2 Å². The predicted molar refractivity (Wildman–Crippen MR) is 61.2 cm³/mol. The van der Waals surface area contributed by atoms with Gasteiger partial charge in [0.25, 0.3) is 0 Å². The molecule has 0 saturated carbocycles. The number of aliphatic hydroxyl groups excluding tert-OH is 1. The summed E-state index contributed by atoms with van der Waals surface area (Å²) in [7, 11) is 1.75. The van der Waals surface area contributed by atoms with Gasteiger partial charge in [0.2, 0.25) is 0 Å². The Hall–Kier alpha value is -1.13. The number of aryl methyl sites for hydroxylation is 1. The van der Waals surface area contributed by atoms with E-state index < -0.39 is 5.54 Å². The molecule has 1 aromatic carbocycles. The van der Waals surface area contributed by atoms with Gasteiger partial charge in [0.05, 0.1) is 12.1 Å². The van der Waals surface area contributed by atoms with Crippen molar-refractivity contribution in [2.75, 3.05) is 20.3 Å². The molecule has 0 bridgehead atoms. The number of likely N-dealkylation sites (N-methyl/N-ethyl adjacent to an activating group) is 1. The smallest absolute Gasteiger partial charge is 0.129 e. The summed E-state index contributed by atoms with van der Waals surface area (Å²) in [4.78, 5) is 0. The lowest BCUT2D eigenvalue weighted by atomic mass is 10.1. The van der Waals surface area contributed by atoms with E-state index in [1.165, 1.54) is 6.07 Å². The van der Waals surface area contributed by atoms with E-state index in [2.05, 4.69) is 5.32 Å². The van der Waals surface area contributed by atoms with Crippen LogP contribution in [0.3, 0.4) is 0 Å². The van der Waals surface area contributed by atoms with Gasteiger partial charge >= 0.3 is 0 Å². The molecule has 0 aromatic heterocycles. The summed E-state index contributed by atoms with van der Waals surface area (Å²) >= 11 is 0. The van der Waals surface area contributed by atoms with Crippen LogP contribution in [0.15, 0.2) is 18.2 Å². The quantitative estimate of drug-likeness (QED) is 0.800. The molecule has 1 aromatic rings. The van der Waals surface area contributed by atoms with Gasteiger partial charge in [0.15, 0.2) is 0 Å². The molecule has 2 N–H and O–H groups in total. The second kappa shape index (κ2) is 5.27. The van der Waals surface area contributed by atoms with Crippen molar-refractivity contribution in [2.45, 2.75) is 19.4 Å². The Bertz CT molecular complexity index is 351. The minimum absolute atomic E-state index is 0.0438. The molecule has 0 heterocycles. The van der Waals surface area contributed by atoms with Gasteiger partial charge in [-0.05, 0) is 32.5 Å². The number of halogens is 1. The van der Waals surface area contributed by atoms with Gasteiger partial charge in [-0.15, -0.1) is 0 Å². The number of rotatable bonds is 5. The fourth-order valence-corrected chi connectivity index (χ4v) is 1.10. The fraction of sp³-hybridized carbons (Fsp3) is 0.500. The summed E-state index contributed by atoms with van der Waals surface area (Å²) in [6.45, 7) is 3.77. The molecule has 0 fully saturated rings. The molecule has 1 atom stereocenters. The lowest BCUT2D eigenvalue weighted by Gasteiger charge is -2.26. The van der Waals surface area contributed by atoms with Crippen LogP contribution in [0.5, 0.6) is 5.75 Å². The van der Waals surface area contributed by atoms with Crippen LogP contribution in [0.4, 0.5) is 4.39 Å². The summed E-state index contributed by atoms with van der Waals surface area (Å²) in [6.07, 6.45) is 0. The van der Waals surface area contributed by atoms with Crippen LogP contribution >= 0.6 is 0 Å². The van der Waals surface area contributed by atoms with Crippen LogP contribution < -0.4 is 10.1 Å². The molecule has 0 aliphatic carbocycles. The number of aliphatic hydroxyl groups is 1. The van der Waals surface area contributed by atoms with Crippen molar-refractivity contribution in [1.82, 2.24) is 5.32 Å². The highest BCUT2D eigenvalue weighted by Crippen LogP contribution is 2.17. The SMILES string of the molecule is CNC(C)(CO)COc1ccc(C)c(F)c1. The molecular formula is C12H18FNO2. The maximum atomic E-state index is 13.2. The van der Waals surface area contributed by atoms with Gasteiger partial charge in [-0.3, -0.25) is 0 Å². The zero-order chi connectivity index (χ0) is 12.2. The lowest BCUT2D eigenvalue weighted by molar-refractivity contribution is 0.122. The average molecular weight is 227 g/mol. The van der Waals surface area contributed by atoms with Crippen molar-refractivity contribution >= 4 is 0 Å². The van der Waals surface area contributed by atoms with Gasteiger partial charge < -0.3 is 15.2 Å². The van der Waals surface area contributed by atoms with Crippen molar-refractivity contribution in [1.29, 1.82) is 0 Å². The Kier molecular flexibility index (Phi) is 4.26. The molecule has 0 spiro atoms. The standard InChI is InChI=1S/C12H18FNO2/c1-9-4-5-10(6-11(9)13)16-8-12(2,7-15)14-3/h4-6,14-15H,7-8H2,1-3H3. The van der Waals surface area contributed by atoms with E-state index in [-0.39, 0.29) is 19.0 Å². The maximum absolute atomic E-state index is 13.2. The molecule has 1 rings (SSSR count). The van der Waals surface area contributed by atoms with Crippen molar-refractivity contribution in [3.8, 4) is 5.75 Å². The minimum atomic E-state index is -0.513. The average Bonchev–Trinajstić information content (AvgIpc) is 2.30. The molecule has 0 aliphatic heterocycles. The third-order valence-electron chi connectivity index (χ3n) is 2.65.